The Morgan fingerprint density at radius 2 is 1.56 bits per heavy atom. The molecule has 7 heteroatoms. The first-order valence-electron chi connectivity index (χ1n) is 13.7. The number of benzene rings is 3. The molecule has 0 bridgehead atoms. The summed E-state index contributed by atoms with van der Waals surface area (Å²) >= 11 is 4.92. The van der Waals surface area contributed by atoms with Crippen molar-refractivity contribution in [3.05, 3.63) is 129 Å². The Bertz CT molecular complexity index is 1420. The van der Waals surface area contributed by atoms with Crippen molar-refractivity contribution in [3.63, 3.8) is 0 Å². The van der Waals surface area contributed by atoms with Gasteiger partial charge in [-0.05, 0) is 56.7 Å². The van der Waals surface area contributed by atoms with Crippen LogP contribution >= 0.6 is 27.3 Å². The summed E-state index contributed by atoms with van der Waals surface area (Å²) in [5.41, 5.74) is 4.61. The van der Waals surface area contributed by atoms with E-state index in [0.717, 1.165) is 14.9 Å². The van der Waals surface area contributed by atoms with E-state index in [4.69, 9.17) is 4.43 Å². The summed E-state index contributed by atoms with van der Waals surface area (Å²) in [6.07, 6.45) is 0.791. The van der Waals surface area contributed by atoms with Gasteiger partial charge in [0.25, 0.3) is 8.32 Å². The second-order valence-electron chi connectivity index (χ2n) is 11.1. The zero-order valence-electron chi connectivity index (χ0n) is 23.6. The number of halogens is 1. The molecule has 0 unspecified atom stereocenters. The average Bonchev–Trinajstić information content (AvgIpc) is 3.50. The number of aromatic hydroxyl groups is 1. The van der Waals surface area contributed by atoms with E-state index >= 15 is 0 Å². The van der Waals surface area contributed by atoms with Gasteiger partial charge in [-0.25, -0.2) is 0 Å². The second kappa shape index (κ2) is 13.9. The lowest BCUT2D eigenvalue weighted by Gasteiger charge is -2.43. The lowest BCUT2D eigenvalue weighted by molar-refractivity contribution is 0.176. The van der Waals surface area contributed by atoms with Crippen LogP contribution in [0.1, 0.15) is 56.3 Å². The van der Waals surface area contributed by atoms with Crippen molar-refractivity contribution in [2.75, 3.05) is 6.61 Å². The molecule has 0 amide bonds. The highest BCUT2D eigenvalue weighted by molar-refractivity contribution is 9.10. The number of hydrogen-bond acceptors (Lipinski definition) is 5. The molecule has 0 saturated carbocycles. The van der Waals surface area contributed by atoms with Crippen molar-refractivity contribution in [2.24, 2.45) is 0 Å². The number of thiophene rings is 1. The van der Waals surface area contributed by atoms with E-state index in [-0.39, 0.29) is 23.8 Å². The molecule has 214 valence electrons. The first-order chi connectivity index (χ1) is 19.6. The third-order valence-electron chi connectivity index (χ3n) is 7.19. The molecule has 0 spiro atoms. The van der Waals surface area contributed by atoms with Crippen LogP contribution < -0.4 is 10.4 Å². The van der Waals surface area contributed by atoms with Gasteiger partial charge in [0.15, 0.2) is 0 Å². The average molecular weight is 650 g/mol. The fraction of sp³-hybridized carbons (Fsp3) is 0.265. The predicted molar refractivity (Wildman–Crippen MR) is 174 cm³/mol. The number of hydrogen-bond donors (Lipinski definition) is 3. The van der Waals surface area contributed by atoms with Crippen LogP contribution in [-0.2, 0) is 4.43 Å². The van der Waals surface area contributed by atoms with Gasteiger partial charge in [0.2, 0.25) is 0 Å². The predicted octanol–water partition coefficient (Wildman–Crippen LogP) is 7.42. The Morgan fingerprint density at radius 1 is 0.927 bits per heavy atom. The molecular weight excluding hydrogens is 612 g/mol. The van der Waals surface area contributed by atoms with E-state index in [2.05, 4.69) is 91.0 Å². The summed E-state index contributed by atoms with van der Waals surface area (Å²) in [5.74, 6) is 0.0430. The van der Waals surface area contributed by atoms with E-state index in [1.165, 1.54) is 21.7 Å². The molecule has 1 aromatic heterocycles. The van der Waals surface area contributed by atoms with Gasteiger partial charge in [-0.15, -0.1) is 17.1 Å². The SMILES string of the molecule is CC(C)(C)[Si](OCC(=C=CC[C@@H](O)c1cc(Br)ccc1O)C[C@@H](O)c1cccs1)(c1ccccc1)c1ccccc1. The monoisotopic (exact) mass is 648 g/mol. The van der Waals surface area contributed by atoms with Crippen LogP contribution in [0, 0.1) is 0 Å². The van der Waals surface area contributed by atoms with Crippen LogP contribution in [0.5, 0.6) is 5.75 Å². The molecule has 1 heterocycles. The van der Waals surface area contributed by atoms with Crippen LogP contribution in [0.2, 0.25) is 5.04 Å². The molecule has 4 nitrogen and oxygen atoms in total. The van der Waals surface area contributed by atoms with Crippen LogP contribution in [0.25, 0.3) is 0 Å². The lowest BCUT2D eigenvalue weighted by atomic mass is 10.0. The van der Waals surface area contributed by atoms with Crippen LogP contribution in [0.15, 0.2) is 118 Å². The van der Waals surface area contributed by atoms with Crippen LogP contribution in [0.4, 0.5) is 0 Å². The number of phenols is 1. The number of phenolic OH excluding ortho intramolecular Hbond substituents is 1. The summed E-state index contributed by atoms with van der Waals surface area (Å²) in [6, 6.07) is 29.8. The van der Waals surface area contributed by atoms with Gasteiger partial charge in [0.1, 0.15) is 5.75 Å². The molecule has 4 aromatic rings. The van der Waals surface area contributed by atoms with Crippen molar-refractivity contribution in [3.8, 4) is 5.75 Å². The second-order valence-corrected chi connectivity index (χ2v) is 17.3. The molecule has 3 N–H and O–H groups in total. The van der Waals surface area contributed by atoms with Crippen molar-refractivity contribution in [2.45, 2.75) is 50.9 Å². The quantitative estimate of drug-likeness (QED) is 0.117. The van der Waals surface area contributed by atoms with Crippen LogP contribution in [0.3, 0.4) is 0 Å². The first kappa shape index (κ1) is 31.2. The number of aliphatic hydroxyl groups is 2. The molecule has 2 atom stereocenters. The minimum absolute atomic E-state index is 0.0430. The Kier molecular flexibility index (Phi) is 10.6. The first-order valence-corrected chi connectivity index (χ1v) is 17.3. The smallest absolute Gasteiger partial charge is 0.261 e. The molecule has 0 fully saturated rings. The third-order valence-corrected chi connectivity index (χ3v) is 13.6. The highest BCUT2D eigenvalue weighted by Crippen LogP contribution is 2.37. The molecule has 0 aliphatic carbocycles. The topological polar surface area (TPSA) is 69.9 Å². The van der Waals surface area contributed by atoms with Crippen molar-refractivity contribution >= 4 is 46.0 Å². The van der Waals surface area contributed by atoms with E-state index in [9.17, 15) is 15.3 Å². The van der Waals surface area contributed by atoms with E-state index in [1.807, 2.05) is 29.6 Å². The van der Waals surface area contributed by atoms with E-state index < -0.39 is 20.5 Å². The summed E-state index contributed by atoms with van der Waals surface area (Å²) < 4.78 is 7.91. The zero-order valence-corrected chi connectivity index (χ0v) is 27.0. The van der Waals surface area contributed by atoms with Gasteiger partial charge >= 0.3 is 0 Å². The van der Waals surface area contributed by atoms with Crippen molar-refractivity contribution in [1.29, 1.82) is 0 Å². The van der Waals surface area contributed by atoms with Gasteiger partial charge in [0.05, 0.1) is 18.8 Å². The van der Waals surface area contributed by atoms with E-state index in [1.54, 1.807) is 24.3 Å². The molecule has 0 aliphatic rings. The summed E-state index contributed by atoms with van der Waals surface area (Å²) in [7, 11) is -2.80. The van der Waals surface area contributed by atoms with Gasteiger partial charge in [-0.3, -0.25) is 0 Å². The molecule has 4 rings (SSSR count). The third kappa shape index (κ3) is 7.56. The lowest BCUT2D eigenvalue weighted by Crippen LogP contribution is -2.66. The Morgan fingerprint density at radius 3 is 2.12 bits per heavy atom. The van der Waals surface area contributed by atoms with Gasteiger partial charge in [-0.1, -0.05) is 103 Å². The molecule has 0 radical (unpaired) electrons. The normalized spacial score (nSPS) is 13.3. The largest absolute Gasteiger partial charge is 0.508 e. The number of aliphatic hydroxyl groups excluding tert-OH is 2. The van der Waals surface area contributed by atoms with E-state index in [0.29, 0.717) is 12.0 Å². The highest BCUT2D eigenvalue weighted by atomic mass is 79.9. The maximum absolute atomic E-state index is 11.1. The minimum atomic E-state index is -2.80. The fourth-order valence-corrected chi connectivity index (χ4v) is 10.8. The standard InChI is InChI=1S/C34H37BrO4SSi/c1-34(2,3)41(27-13-6-4-7-14-27,28-15-8-5-9-16-28)39-24-25(22-32(38)33-18-11-21-40-33)12-10-17-30(36)29-23-26(35)19-20-31(29)37/h4-11,13-16,18-21,23,30,32,36-38H,17,22,24H2,1-3H3/t12?,30-,32-/m1/s1. The fourth-order valence-electron chi connectivity index (χ4n) is 5.17. The van der Waals surface area contributed by atoms with Gasteiger partial charge in [0, 0.05) is 27.8 Å². The molecule has 0 aliphatic heterocycles. The highest BCUT2D eigenvalue weighted by Gasteiger charge is 2.50. The summed E-state index contributed by atoms with van der Waals surface area (Å²) in [6.45, 7) is 6.99. The summed E-state index contributed by atoms with van der Waals surface area (Å²) in [5, 5.41) is 36.2. The van der Waals surface area contributed by atoms with Crippen molar-refractivity contribution < 1.29 is 19.7 Å². The minimum Gasteiger partial charge on any atom is -0.508 e. The Balaban J connectivity index is 1.70. The Hall–Kier alpha value is -2.74. The molecule has 0 saturated heterocycles. The zero-order chi connectivity index (χ0) is 29.5. The molecule has 3 aromatic carbocycles. The number of rotatable bonds is 11. The maximum atomic E-state index is 11.1. The molecule has 41 heavy (non-hydrogen) atoms. The Labute approximate surface area is 256 Å². The van der Waals surface area contributed by atoms with Crippen LogP contribution in [-0.4, -0.2) is 30.2 Å². The molecular formula is C34H37BrO4SSi. The summed E-state index contributed by atoms with van der Waals surface area (Å²) in [4.78, 5) is 0.883. The maximum Gasteiger partial charge on any atom is 0.261 e. The van der Waals surface area contributed by atoms with Crippen molar-refractivity contribution in [1.82, 2.24) is 0 Å². The van der Waals surface area contributed by atoms with Gasteiger partial charge in [-0.2, -0.15) is 0 Å². The van der Waals surface area contributed by atoms with Gasteiger partial charge < -0.3 is 19.7 Å².